The van der Waals surface area contributed by atoms with Crippen molar-refractivity contribution < 1.29 is 0 Å². The fraction of sp³-hybridized carbons (Fsp3) is 0.0435. The van der Waals surface area contributed by atoms with Crippen molar-refractivity contribution in [2.75, 3.05) is 0 Å². The fourth-order valence-corrected chi connectivity index (χ4v) is 15.3. The molecule has 1 spiro atoms. The quantitative estimate of drug-likeness (QED) is 0.133. The lowest BCUT2D eigenvalue weighted by Crippen LogP contribution is -2.25. The predicted molar refractivity (Wildman–Crippen MR) is 403 cm³/mol. The standard InChI is InChI=1S/C51H32N4.C41H30N4/c1-2-11-33(12-3-1)34-21-23-35(24-22-34)48-53-49(36-27-29-52-30-28-36)55-50(54-48)39-14-10-13-37(31-39)38-25-26-47-43(32-38)42-17-6-9-20-46(42)51(47)44-18-7-4-15-40(44)41-16-5-8-19-45(41)51;1-41(2)36-16-7-6-15-34(36)35-25-31(21-22-37(35)41)30-12-8-13-32(24-30)39-43-38(44-40(45-39)33-14-9-23-42-26-33)29-19-17-28(18-20-29)27-10-4-3-5-11-27/h1-32H;3-26H,1-2H3. The minimum atomic E-state index is -0.358. The highest BCUT2D eigenvalue weighted by atomic mass is 15.0. The highest BCUT2D eigenvalue weighted by molar-refractivity contribution is 5.96. The molecule has 19 rings (SSSR count). The summed E-state index contributed by atoms with van der Waals surface area (Å²) in [5.74, 6) is 3.70. The van der Waals surface area contributed by atoms with Gasteiger partial charge in [-0.25, -0.2) is 29.9 Å². The zero-order valence-electron chi connectivity index (χ0n) is 54.9. The van der Waals surface area contributed by atoms with E-state index in [4.69, 9.17) is 29.9 Å². The maximum absolute atomic E-state index is 5.08. The van der Waals surface area contributed by atoms with Gasteiger partial charge < -0.3 is 0 Å². The van der Waals surface area contributed by atoms with E-state index in [0.717, 1.165) is 61.2 Å². The van der Waals surface area contributed by atoms with Crippen LogP contribution in [0.2, 0.25) is 0 Å². The van der Waals surface area contributed by atoms with Gasteiger partial charge in [0.05, 0.1) is 5.41 Å². The molecular weight excluding hydrogens is 1220 g/mol. The first kappa shape index (κ1) is 59.5. The molecule has 8 heteroatoms. The van der Waals surface area contributed by atoms with Crippen LogP contribution in [0, 0.1) is 0 Å². The Morgan fingerprint density at radius 2 is 0.490 bits per heavy atom. The van der Waals surface area contributed by atoms with Crippen LogP contribution < -0.4 is 0 Å². The number of hydrogen-bond donors (Lipinski definition) is 0. The van der Waals surface area contributed by atoms with Crippen LogP contribution in [-0.4, -0.2) is 39.9 Å². The molecule has 0 aliphatic heterocycles. The van der Waals surface area contributed by atoms with E-state index < -0.39 is 0 Å². The minimum Gasteiger partial charge on any atom is -0.265 e. The third kappa shape index (κ3) is 10.3. The first-order chi connectivity index (χ1) is 49.3. The normalized spacial score (nSPS) is 12.9. The van der Waals surface area contributed by atoms with Gasteiger partial charge in [0.15, 0.2) is 34.9 Å². The van der Waals surface area contributed by atoms with E-state index in [1.54, 1.807) is 24.8 Å². The van der Waals surface area contributed by atoms with Gasteiger partial charge in [0, 0.05) is 63.6 Å². The van der Waals surface area contributed by atoms with Crippen LogP contribution in [0.4, 0.5) is 0 Å². The Morgan fingerprint density at radius 3 is 0.960 bits per heavy atom. The van der Waals surface area contributed by atoms with Crippen LogP contribution in [0.5, 0.6) is 0 Å². The molecule has 0 unspecified atom stereocenters. The van der Waals surface area contributed by atoms with E-state index in [9.17, 15) is 0 Å². The third-order valence-corrected chi connectivity index (χ3v) is 20.1. The second-order valence-electron chi connectivity index (χ2n) is 26.2. The highest BCUT2D eigenvalue weighted by Gasteiger charge is 2.51. The maximum atomic E-state index is 5.08. The fourth-order valence-electron chi connectivity index (χ4n) is 15.3. The van der Waals surface area contributed by atoms with E-state index in [2.05, 4.69) is 303 Å². The Bertz CT molecular complexity index is 5750. The van der Waals surface area contributed by atoms with Crippen molar-refractivity contribution in [3.05, 3.63) is 374 Å². The molecule has 8 nitrogen and oxygen atoms in total. The van der Waals surface area contributed by atoms with Crippen molar-refractivity contribution in [1.82, 2.24) is 39.9 Å². The van der Waals surface area contributed by atoms with Crippen LogP contribution in [0.15, 0.2) is 340 Å². The molecule has 3 aliphatic carbocycles. The van der Waals surface area contributed by atoms with Crippen LogP contribution in [-0.2, 0) is 10.8 Å². The van der Waals surface area contributed by atoms with Crippen molar-refractivity contribution in [2.45, 2.75) is 24.7 Å². The lowest BCUT2D eigenvalue weighted by molar-refractivity contribution is 0.660. The number of aromatic nitrogens is 8. The summed E-state index contributed by atoms with van der Waals surface area (Å²) in [6, 6.07) is 112. The molecule has 4 heterocycles. The predicted octanol–water partition coefficient (Wildman–Crippen LogP) is 21.9. The van der Waals surface area contributed by atoms with Crippen LogP contribution in [0.3, 0.4) is 0 Å². The summed E-state index contributed by atoms with van der Waals surface area (Å²) in [5.41, 5.74) is 30.1. The molecule has 12 aromatic carbocycles. The lowest BCUT2D eigenvalue weighted by Gasteiger charge is -2.30. The molecule has 0 fully saturated rings. The van der Waals surface area contributed by atoms with Gasteiger partial charge in [0.2, 0.25) is 0 Å². The molecule has 0 N–H and O–H groups in total. The number of hydrogen-bond acceptors (Lipinski definition) is 8. The smallest absolute Gasteiger partial charge is 0.165 e. The Morgan fingerprint density at radius 1 is 0.190 bits per heavy atom. The van der Waals surface area contributed by atoms with E-state index >= 15 is 0 Å². The topological polar surface area (TPSA) is 103 Å². The van der Waals surface area contributed by atoms with Gasteiger partial charge in [-0.2, -0.15) is 0 Å². The zero-order chi connectivity index (χ0) is 66.7. The molecule has 470 valence electrons. The zero-order valence-corrected chi connectivity index (χ0v) is 54.9. The Labute approximate surface area is 580 Å². The first-order valence-electron chi connectivity index (χ1n) is 33.8. The Balaban J connectivity index is 0.000000147. The average Bonchev–Trinajstić information content (AvgIpc) is 1.51. The molecule has 16 aromatic rings. The first-order valence-corrected chi connectivity index (χ1v) is 33.8. The van der Waals surface area contributed by atoms with Gasteiger partial charge >= 0.3 is 0 Å². The molecule has 100 heavy (non-hydrogen) atoms. The second-order valence-corrected chi connectivity index (χ2v) is 26.2. The van der Waals surface area contributed by atoms with Gasteiger partial charge in [-0.15, -0.1) is 0 Å². The van der Waals surface area contributed by atoms with E-state index in [0.29, 0.717) is 34.9 Å². The van der Waals surface area contributed by atoms with Gasteiger partial charge in [-0.05, 0) is 160 Å². The van der Waals surface area contributed by atoms with E-state index in [-0.39, 0.29) is 10.8 Å². The SMILES string of the molecule is CC1(C)c2ccccc2-c2cc(-c3cccc(-c4nc(-c5ccc(-c6ccccc6)cc5)nc(-c5cccnc5)n4)c3)ccc21.c1ccc(-c2ccc(-c3nc(-c4ccncc4)nc(-c4cccc(-c5ccc6c(c5)-c5ccccc5C65c6ccccc6-c6ccccc65)c4)n3)cc2)cc1. The molecule has 0 atom stereocenters. The lowest BCUT2D eigenvalue weighted by atomic mass is 9.70. The number of pyridine rings is 2. The average molecular weight is 1280 g/mol. The van der Waals surface area contributed by atoms with Crippen LogP contribution in [0.1, 0.15) is 47.2 Å². The van der Waals surface area contributed by atoms with E-state index in [1.165, 1.54) is 83.5 Å². The van der Waals surface area contributed by atoms with Gasteiger partial charge in [-0.1, -0.05) is 281 Å². The summed E-state index contributed by atoms with van der Waals surface area (Å²) in [7, 11) is 0. The summed E-state index contributed by atoms with van der Waals surface area (Å²) < 4.78 is 0. The van der Waals surface area contributed by atoms with Crippen LogP contribution in [0.25, 0.3) is 146 Å². The van der Waals surface area contributed by atoms with Gasteiger partial charge in [0.1, 0.15) is 0 Å². The van der Waals surface area contributed by atoms with Gasteiger partial charge in [0.25, 0.3) is 0 Å². The van der Waals surface area contributed by atoms with E-state index in [1.807, 2.05) is 36.4 Å². The maximum Gasteiger partial charge on any atom is 0.165 e. The van der Waals surface area contributed by atoms with Crippen molar-refractivity contribution in [1.29, 1.82) is 0 Å². The molecule has 3 aliphatic rings. The number of benzene rings is 12. The van der Waals surface area contributed by atoms with Crippen LogP contribution >= 0.6 is 0 Å². The Hall–Kier alpha value is -13.0. The van der Waals surface area contributed by atoms with Crippen molar-refractivity contribution in [3.63, 3.8) is 0 Å². The molecule has 0 amide bonds. The largest absolute Gasteiger partial charge is 0.265 e. The summed E-state index contributed by atoms with van der Waals surface area (Å²) in [5, 5.41) is 0. The molecule has 4 aromatic heterocycles. The second kappa shape index (κ2) is 24.6. The summed E-state index contributed by atoms with van der Waals surface area (Å²) in [6.07, 6.45) is 7.09. The van der Waals surface area contributed by atoms with Crippen molar-refractivity contribution >= 4 is 0 Å². The number of fused-ring (bicyclic) bond motifs is 13. The van der Waals surface area contributed by atoms with Crippen molar-refractivity contribution in [3.8, 4) is 146 Å². The van der Waals surface area contributed by atoms with Gasteiger partial charge in [-0.3, -0.25) is 9.97 Å². The minimum absolute atomic E-state index is 0.0183. The highest BCUT2D eigenvalue weighted by Crippen LogP contribution is 2.63. The third-order valence-electron chi connectivity index (χ3n) is 20.1. The molecule has 0 saturated carbocycles. The monoisotopic (exact) mass is 1280 g/mol. The van der Waals surface area contributed by atoms with Crippen molar-refractivity contribution in [2.24, 2.45) is 0 Å². The summed E-state index contributed by atoms with van der Waals surface area (Å²) in [6.45, 7) is 4.62. The Kier molecular flexibility index (Phi) is 14.6. The molecule has 0 radical (unpaired) electrons. The number of rotatable bonds is 10. The molecule has 0 bridgehead atoms. The molecular formula is C92H62N8. The molecule has 0 saturated heterocycles. The number of nitrogens with zero attached hydrogens (tertiary/aromatic N) is 8. The summed E-state index contributed by atoms with van der Waals surface area (Å²) >= 11 is 0. The summed E-state index contributed by atoms with van der Waals surface area (Å²) in [4.78, 5) is 38.5.